The highest BCUT2D eigenvalue weighted by Crippen LogP contribution is 2.30. The number of hydrazone groups is 1. The van der Waals surface area contributed by atoms with Crippen molar-refractivity contribution in [2.45, 2.75) is 13.2 Å². The van der Waals surface area contributed by atoms with E-state index in [9.17, 15) is 4.79 Å². The van der Waals surface area contributed by atoms with Crippen molar-refractivity contribution >= 4 is 27.7 Å². The highest BCUT2D eigenvalue weighted by atomic mass is 79.9. The van der Waals surface area contributed by atoms with Crippen LogP contribution in [-0.4, -0.2) is 16.8 Å². The highest BCUT2D eigenvalue weighted by molar-refractivity contribution is 9.10. The Hall–Kier alpha value is -2.14. The molecular formula is C16H13BrN2O2. The third-order valence-corrected chi connectivity index (χ3v) is 3.67. The van der Waals surface area contributed by atoms with Gasteiger partial charge in [0.15, 0.2) is 0 Å². The van der Waals surface area contributed by atoms with Gasteiger partial charge in [0.05, 0.1) is 0 Å². The fourth-order valence-electron chi connectivity index (χ4n) is 2.11. The Bertz CT molecular complexity index is 683. The maximum absolute atomic E-state index is 11.8. The lowest BCUT2D eigenvalue weighted by Gasteiger charge is -2.19. The molecule has 3 rings (SSSR count). The van der Waals surface area contributed by atoms with E-state index in [1.54, 1.807) is 0 Å². The fourth-order valence-corrected chi connectivity index (χ4v) is 2.37. The molecule has 1 aliphatic rings. The monoisotopic (exact) mass is 344 g/mol. The maximum atomic E-state index is 11.8. The van der Waals surface area contributed by atoms with Crippen molar-refractivity contribution in [2.24, 2.45) is 5.10 Å². The Kier molecular flexibility index (Phi) is 3.75. The third kappa shape index (κ3) is 2.83. The van der Waals surface area contributed by atoms with Gasteiger partial charge in [-0.1, -0.05) is 46.3 Å². The summed E-state index contributed by atoms with van der Waals surface area (Å²) in [5.41, 5.74) is 1.73. The van der Waals surface area contributed by atoms with Gasteiger partial charge in [-0.3, -0.25) is 4.79 Å². The van der Waals surface area contributed by atoms with E-state index < -0.39 is 6.23 Å². The summed E-state index contributed by atoms with van der Waals surface area (Å²) < 4.78 is 6.86. The van der Waals surface area contributed by atoms with Crippen molar-refractivity contribution in [2.75, 3.05) is 0 Å². The molecule has 1 heterocycles. The van der Waals surface area contributed by atoms with Crippen LogP contribution in [0.1, 0.15) is 24.3 Å². The summed E-state index contributed by atoms with van der Waals surface area (Å²) in [6.07, 6.45) is -0.522. The van der Waals surface area contributed by atoms with Crippen LogP contribution >= 0.6 is 15.9 Å². The maximum Gasteiger partial charge on any atom is 0.243 e. The molecule has 0 N–H and O–H groups in total. The number of halogens is 1. The minimum Gasteiger partial charge on any atom is -0.446 e. The van der Waals surface area contributed by atoms with Crippen LogP contribution in [0.15, 0.2) is 64.2 Å². The molecule has 0 saturated carbocycles. The molecule has 4 nitrogen and oxygen atoms in total. The standard InChI is InChI=1S/C16H13BrN2O2/c1-11(20)19-16(13-7-9-14(17)10-8-13)21-15(18-19)12-5-3-2-4-6-12/h2-10,16H,1H3/t16-/m0/s1. The molecule has 0 aliphatic carbocycles. The molecular weight excluding hydrogens is 332 g/mol. The molecule has 106 valence electrons. The molecule has 0 unspecified atom stereocenters. The molecule has 0 saturated heterocycles. The molecule has 5 heteroatoms. The minimum absolute atomic E-state index is 0.158. The van der Waals surface area contributed by atoms with E-state index >= 15 is 0 Å². The molecule has 0 bridgehead atoms. The van der Waals surface area contributed by atoms with Gasteiger partial charge in [-0.25, -0.2) is 0 Å². The summed E-state index contributed by atoms with van der Waals surface area (Å²) in [5.74, 6) is 0.299. The molecule has 1 atom stereocenters. The molecule has 2 aromatic rings. The summed E-state index contributed by atoms with van der Waals surface area (Å²) in [7, 11) is 0. The number of nitrogens with zero attached hydrogens (tertiary/aromatic N) is 2. The number of ether oxygens (including phenoxy) is 1. The molecule has 1 aliphatic heterocycles. The second kappa shape index (κ2) is 5.69. The fraction of sp³-hybridized carbons (Fsp3) is 0.125. The average molecular weight is 345 g/mol. The number of rotatable bonds is 2. The van der Waals surface area contributed by atoms with Gasteiger partial charge < -0.3 is 4.74 Å². The smallest absolute Gasteiger partial charge is 0.243 e. The number of hydrogen-bond donors (Lipinski definition) is 0. The topological polar surface area (TPSA) is 41.9 Å². The Labute approximate surface area is 131 Å². The summed E-state index contributed by atoms with van der Waals surface area (Å²) >= 11 is 3.40. The second-order valence-corrected chi connectivity index (χ2v) is 5.57. The molecule has 0 aromatic heterocycles. The van der Waals surface area contributed by atoms with E-state index in [0.29, 0.717) is 5.90 Å². The first-order chi connectivity index (χ1) is 10.1. The van der Waals surface area contributed by atoms with Crippen molar-refractivity contribution < 1.29 is 9.53 Å². The van der Waals surface area contributed by atoms with Crippen LogP contribution < -0.4 is 0 Å². The van der Waals surface area contributed by atoms with Crippen LogP contribution in [0.3, 0.4) is 0 Å². The van der Waals surface area contributed by atoms with Gasteiger partial charge in [-0.2, -0.15) is 5.01 Å². The van der Waals surface area contributed by atoms with Crippen molar-refractivity contribution in [1.29, 1.82) is 0 Å². The Morgan fingerprint density at radius 2 is 1.81 bits per heavy atom. The number of carbonyl (C=O) groups excluding carboxylic acids is 1. The lowest BCUT2D eigenvalue weighted by Crippen LogP contribution is -2.25. The highest BCUT2D eigenvalue weighted by Gasteiger charge is 2.32. The van der Waals surface area contributed by atoms with Gasteiger partial charge in [0, 0.05) is 22.5 Å². The van der Waals surface area contributed by atoms with Gasteiger partial charge in [0.2, 0.25) is 18.0 Å². The second-order valence-electron chi connectivity index (χ2n) is 4.66. The summed E-state index contributed by atoms with van der Waals surface area (Å²) in [6.45, 7) is 1.48. The molecule has 2 aromatic carbocycles. The predicted octanol–water partition coefficient (Wildman–Crippen LogP) is 3.69. The first-order valence-electron chi connectivity index (χ1n) is 6.51. The lowest BCUT2D eigenvalue weighted by atomic mass is 10.2. The van der Waals surface area contributed by atoms with Crippen LogP contribution in [-0.2, 0) is 9.53 Å². The van der Waals surface area contributed by atoms with Gasteiger partial charge in [0.25, 0.3) is 0 Å². The van der Waals surface area contributed by atoms with Crippen LogP contribution in [0.5, 0.6) is 0 Å². The zero-order valence-corrected chi connectivity index (χ0v) is 12.9. The molecule has 0 spiro atoms. The van der Waals surface area contributed by atoms with Crippen molar-refractivity contribution in [3.05, 3.63) is 70.2 Å². The normalized spacial score (nSPS) is 17.3. The number of amides is 1. The van der Waals surface area contributed by atoms with E-state index in [0.717, 1.165) is 15.6 Å². The largest absolute Gasteiger partial charge is 0.446 e. The molecule has 0 fully saturated rings. The van der Waals surface area contributed by atoms with E-state index in [1.807, 2.05) is 54.6 Å². The van der Waals surface area contributed by atoms with Crippen LogP contribution in [0.25, 0.3) is 0 Å². The number of carbonyl (C=O) groups is 1. The van der Waals surface area contributed by atoms with Crippen LogP contribution in [0.2, 0.25) is 0 Å². The molecule has 0 radical (unpaired) electrons. The molecule has 21 heavy (non-hydrogen) atoms. The summed E-state index contributed by atoms with van der Waals surface area (Å²) in [5, 5.41) is 5.67. The van der Waals surface area contributed by atoms with Gasteiger partial charge in [-0.05, 0) is 24.3 Å². The van der Waals surface area contributed by atoms with Crippen LogP contribution in [0.4, 0.5) is 0 Å². The minimum atomic E-state index is -0.522. The first kappa shape index (κ1) is 13.8. The summed E-state index contributed by atoms with van der Waals surface area (Å²) in [4.78, 5) is 11.8. The predicted molar refractivity (Wildman–Crippen MR) is 83.5 cm³/mol. The number of hydrogen-bond acceptors (Lipinski definition) is 3. The van der Waals surface area contributed by atoms with E-state index in [2.05, 4.69) is 21.0 Å². The third-order valence-electron chi connectivity index (χ3n) is 3.14. The quantitative estimate of drug-likeness (QED) is 0.833. The lowest BCUT2D eigenvalue weighted by molar-refractivity contribution is -0.135. The molecule has 1 amide bonds. The van der Waals surface area contributed by atoms with Gasteiger partial charge in [-0.15, -0.1) is 5.10 Å². The Morgan fingerprint density at radius 1 is 1.14 bits per heavy atom. The van der Waals surface area contributed by atoms with Crippen molar-refractivity contribution in [3.8, 4) is 0 Å². The first-order valence-corrected chi connectivity index (χ1v) is 7.30. The van der Waals surface area contributed by atoms with Crippen LogP contribution in [0, 0.1) is 0 Å². The zero-order valence-electron chi connectivity index (χ0n) is 11.4. The van der Waals surface area contributed by atoms with Gasteiger partial charge in [0.1, 0.15) is 0 Å². The summed E-state index contributed by atoms with van der Waals surface area (Å²) in [6, 6.07) is 17.2. The van der Waals surface area contributed by atoms with Crippen molar-refractivity contribution in [1.82, 2.24) is 5.01 Å². The average Bonchev–Trinajstić information content (AvgIpc) is 2.94. The zero-order chi connectivity index (χ0) is 14.8. The van der Waals surface area contributed by atoms with E-state index in [1.165, 1.54) is 11.9 Å². The van der Waals surface area contributed by atoms with E-state index in [-0.39, 0.29) is 5.91 Å². The Balaban J connectivity index is 1.93. The SMILES string of the molecule is CC(=O)N1N=C(c2ccccc2)O[C@H]1c1ccc(Br)cc1. The Morgan fingerprint density at radius 3 is 2.43 bits per heavy atom. The van der Waals surface area contributed by atoms with Gasteiger partial charge >= 0.3 is 0 Å². The number of benzene rings is 2. The van der Waals surface area contributed by atoms with Crippen molar-refractivity contribution in [3.63, 3.8) is 0 Å². The van der Waals surface area contributed by atoms with E-state index in [4.69, 9.17) is 4.74 Å².